The molecule has 0 amide bonds. The van der Waals surface area contributed by atoms with Crippen LogP contribution in [-0.4, -0.2) is 57.4 Å². The summed E-state index contributed by atoms with van der Waals surface area (Å²) in [5.41, 5.74) is 1.08. The van der Waals surface area contributed by atoms with Gasteiger partial charge in [0.25, 0.3) is 0 Å². The molecular formula is C13H23N3O2. The Balaban J connectivity index is 2.21. The zero-order chi connectivity index (χ0) is 13.2. The number of hydrogen-bond donors (Lipinski definition) is 1. The summed E-state index contributed by atoms with van der Waals surface area (Å²) in [6.45, 7) is 4.42. The molecule has 0 aliphatic carbocycles. The predicted molar refractivity (Wildman–Crippen MR) is 71.9 cm³/mol. The van der Waals surface area contributed by atoms with Crippen molar-refractivity contribution in [1.82, 2.24) is 15.2 Å². The molecule has 0 bridgehead atoms. The van der Waals surface area contributed by atoms with Crippen LogP contribution in [-0.2, 0) is 11.3 Å². The van der Waals surface area contributed by atoms with Crippen LogP contribution < -0.4 is 10.1 Å². The molecule has 18 heavy (non-hydrogen) atoms. The van der Waals surface area contributed by atoms with Gasteiger partial charge < -0.3 is 19.7 Å². The Hall–Kier alpha value is -1.17. The topological polar surface area (TPSA) is 46.6 Å². The normalized spacial score (nSPS) is 10.9. The van der Waals surface area contributed by atoms with Crippen molar-refractivity contribution >= 4 is 0 Å². The standard InChI is InChI=1S/C13H23N3O2/c1-16(9-10-17-2)8-7-14-11-12-5-4-6-15-13(12)18-3/h4-6,14H,7-11H2,1-3H3. The Bertz CT molecular complexity index is 334. The number of ether oxygens (including phenoxy) is 2. The van der Waals surface area contributed by atoms with Crippen LogP contribution in [0.5, 0.6) is 5.88 Å². The monoisotopic (exact) mass is 253 g/mol. The van der Waals surface area contributed by atoms with Gasteiger partial charge in [-0.15, -0.1) is 0 Å². The summed E-state index contributed by atoms with van der Waals surface area (Å²) < 4.78 is 10.2. The maximum absolute atomic E-state index is 5.20. The minimum atomic E-state index is 0.692. The molecule has 1 N–H and O–H groups in total. The lowest BCUT2D eigenvalue weighted by Crippen LogP contribution is -2.31. The molecule has 0 aliphatic heterocycles. The van der Waals surface area contributed by atoms with Crippen molar-refractivity contribution in [3.8, 4) is 5.88 Å². The highest BCUT2D eigenvalue weighted by Gasteiger charge is 2.02. The predicted octanol–water partition coefficient (Wildman–Crippen LogP) is 0.758. The molecule has 0 spiro atoms. The lowest BCUT2D eigenvalue weighted by molar-refractivity contribution is 0.161. The van der Waals surface area contributed by atoms with Crippen molar-refractivity contribution in [2.75, 3.05) is 47.5 Å². The number of aromatic nitrogens is 1. The minimum Gasteiger partial charge on any atom is -0.481 e. The van der Waals surface area contributed by atoms with E-state index in [1.165, 1.54) is 0 Å². The maximum Gasteiger partial charge on any atom is 0.217 e. The fourth-order valence-electron chi connectivity index (χ4n) is 1.59. The van der Waals surface area contributed by atoms with E-state index in [2.05, 4.69) is 22.2 Å². The highest BCUT2D eigenvalue weighted by Crippen LogP contribution is 2.12. The van der Waals surface area contributed by atoms with E-state index in [9.17, 15) is 0 Å². The van der Waals surface area contributed by atoms with E-state index >= 15 is 0 Å². The summed E-state index contributed by atoms with van der Waals surface area (Å²) in [4.78, 5) is 6.40. The van der Waals surface area contributed by atoms with Gasteiger partial charge in [-0.25, -0.2) is 4.98 Å². The molecule has 0 aliphatic rings. The first-order valence-electron chi connectivity index (χ1n) is 6.14. The van der Waals surface area contributed by atoms with E-state index in [1.54, 1.807) is 20.4 Å². The van der Waals surface area contributed by atoms with Crippen molar-refractivity contribution in [3.63, 3.8) is 0 Å². The molecular weight excluding hydrogens is 230 g/mol. The van der Waals surface area contributed by atoms with Crippen LogP contribution in [0.4, 0.5) is 0 Å². The molecule has 0 saturated heterocycles. The van der Waals surface area contributed by atoms with E-state index < -0.39 is 0 Å². The number of likely N-dealkylation sites (N-methyl/N-ethyl adjacent to an activating group) is 1. The Kier molecular flexibility index (Phi) is 7.32. The van der Waals surface area contributed by atoms with Gasteiger partial charge in [0, 0.05) is 45.0 Å². The number of nitrogens with zero attached hydrogens (tertiary/aromatic N) is 2. The van der Waals surface area contributed by atoms with Crippen LogP contribution in [0.15, 0.2) is 18.3 Å². The molecule has 0 radical (unpaired) electrons. The van der Waals surface area contributed by atoms with Crippen LogP contribution in [0, 0.1) is 0 Å². The van der Waals surface area contributed by atoms with E-state index in [0.29, 0.717) is 5.88 Å². The van der Waals surface area contributed by atoms with Gasteiger partial charge >= 0.3 is 0 Å². The molecule has 0 aromatic carbocycles. The molecule has 102 valence electrons. The molecule has 1 heterocycles. The van der Waals surface area contributed by atoms with Crippen LogP contribution in [0.2, 0.25) is 0 Å². The summed E-state index contributed by atoms with van der Waals surface area (Å²) in [5.74, 6) is 0.692. The first kappa shape index (κ1) is 14.9. The lowest BCUT2D eigenvalue weighted by atomic mass is 10.2. The Morgan fingerprint density at radius 1 is 1.33 bits per heavy atom. The van der Waals surface area contributed by atoms with E-state index in [-0.39, 0.29) is 0 Å². The molecule has 0 unspecified atom stereocenters. The van der Waals surface area contributed by atoms with Crippen LogP contribution >= 0.6 is 0 Å². The molecule has 1 aromatic heterocycles. The van der Waals surface area contributed by atoms with Crippen molar-refractivity contribution in [1.29, 1.82) is 0 Å². The summed E-state index contributed by atoms with van der Waals surface area (Å²) in [6.07, 6.45) is 1.74. The van der Waals surface area contributed by atoms with Crippen molar-refractivity contribution < 1.29 is 9.47 Å². The number of nitrogens with one attached hydrogen (secondary N) is 1. The number of methoxy groups -OCH3 is 2. The minimum absolute atomic E-state index is 0.692. The summed E-state index contributed by atoms with van der Waals surface area (Å²) >= 11 is 0. The van der Waals surface area contributed by atoms with Gasteiger partial charge in [-0.3, -0.25) is 0 Å². The van der Waals surface area contributed by atoms with E-state index in [4.69, 9.17) is 9.47 Å². The first-order valence-corrected chi connectivity index (χ1v) is 6.14. The second kappa shape index (κ2) is 8.85. The van der Waals surface area contributed by atoms with Crippen molar-refractivity contribution in [3.05, 3.63) is 23.9 Å². The third-order valence-corrected chi connectivity index (χ3v) is 2.71. The van der Waals surface area contributed by atoms with Crippen molar-refractivity contribution in [2.45, 2.75) is 6.54 Å². The van der Waals surface area contributed by atoms with Crippen LogP contribution in [0.1, 0.15) is 5.56 Å². The van der Waals surface area contributed by atoms with Crippen molar-refractivity contribution in [2.24, 2.45) is 0 Å². The molecule has 0 atom stereocenters. The second-order valence-corrected chi connectivity index (χ2v) is 4.14. The number of pyridine rings is 1. The zero-order valence-corrected chi connectivity index (χ0v) is 11.5. The Morgan fingerprint density at radius 3 is 2.89 bits per heavy atom. The maximum atomic E-state index is 5.20. The van der Waals surface area contributed by atoms with Gasteiger partial charge in [-0.05, 0) is 13.1 Å². The third kappa shape index (κ3) is 5.44. The van der Waals surface area contributed by atoms with Gasteiger partial charge in [0.1, 0.15) is 0 Å². The fourth-order valence-corrected chi connectivity index (χ4v) is 1.59. The SMILES string of the molecule is COCCN(C)CCNCc1cccnc1OC. The summed E-state index contributed by atoms with van der Waals surface area (Å²) in [7, 11) is 5.45. The average molecular weight is 253 g/mol. The fraction of sp³-hybridized carbons (Fsp3) is 0.615. The smallest absolute Gasteiger partial charge is 0.217 e. The number of hydrogen-bond acceptors (Lipinski definition) is 5. The first-order chi connectivity index (χ1) is 8.77. The van der Waals surface area contributed by atoms with Gasteiger partial charge in [-0.2, -0.15) is 0 Å². The van der Waals surface area contributed by atoms with E-state index in [1.807, 2.05) is 12.1 Å². The summed E-state index contributed by atoms with van der Waals surface area (Å²) in [5, 5.41) is 3.38. The Labute approximate surface area is 109 Å². The van der Waals surface area contributed by atoms with Gasteiger partial charge in [0.15, 0.2) is 0 Å². The summed E-state index contributed by atoms with van der Waals surface area (Å²) in [6, 6.07) is 3.94. The third-order valence-electron chi connectivity index (χ3n) is 2.71. The molecule has 5 heteroatoms. The molecule has 0 saturated carbocycles. The Morgan fingerprint density at radius 2 is 2.17 bits per heavy atom. The lowest BCUT2D eigenvalue weighted by Gasteiger charge is -2.16. The highest BCUT2D eigenvalue weighted by atomic mass is 16.5. The van der Waals surface area contributed by atoms with Gasteiger partial charge in [-0.1, -0.05) is 6.07 Å². The molecule has 1 rings (SSSR count). The van der Waals surface area contributed by atoms with Gasteiger partial charge in [0.05, 0.1) is 13.7 Å². The largest absolute Gasteiger partial charge is 0.481 e. The molecule has 0 fully saturated rings. The van der Waals surface area contributed by atoms with E-state index in [0.717, 1.165) is 38.3 Å². The quantitative estimate of drug-likeness (QED) is 0.658. The highest BCUT2D eigenvalue weighted by molar-refractivity contribution is 5.24. The van der Waals surface area contributed by atoms with Crippen LogP contribution in [0.25, 0.3) is 0 Å². The zero-order valence-electron chi connectivity index (χ0n) is 11.5. The molecule has 5 nitrogen and oxygen atoms in total. The average Bonchev–Trinajstić information content (AvgIpc) is 2.41. The second-order valence-electron chi connectivity index (χ2n) is 4.14. The van der Waals surface area contributed by atoms with Gasteiger partial charge in [0.2, 0.25) is 5.88 Å². The number of rotatable bonds is 9. The van der Waals surface area contributed by atoms with Crippen LogP contribution in [0.3, 0.4) is 0 Å². The molecule has 1 aromatic rings.